The minimum atomic E-state index is -0.254. The van der Waals surface area contributed by atoms with Crippen molar-refractivity contribution in [1.82, 2.24) is 39.2 Å². The fraction of sp³-hybridized carbons (Fsp3) is 0.214. The standard InChI is InChI=1S/C28H27ClN10O/c1-3-10-38-27(40)22-16-33-28(34-19-4-6-20(7-5-19)37-13-11-36(2)12-14-37)35-26(22)39(38)25-15-21(23(29)17-32-25)24-18-30-8-9-31-24/h3-9,15-18H,1,10-14H2,2H3,(H,33,34,35). The van der Waals surface area contributed by atoms with E-state index < -0.39 is 0 Å². The molecule has 12 heteroatoms. The average Bonchev–Trinajstić information content (AvgIpc) is 3.25. The van der Waals surface area contributed by atoms with Crippen LogP contribution >= 0.6 is 11.6 Å². The number of hydrogen-bond acceptors (Lipinski definition) is 9. The van der Waals surface area contributed by atoms with Gasteiger partial charge in [-0.05, 0) is 37.4 Å². The van der Waals surface area contributed by atoms with Gasteiger partial charge in [0.15, 0.2) is 11.5 Å². The second-order valence-electron chi connectivity index (χ2n) is 9.49. The highest BCUT2D eigenvalue weighted by Gasteiger charge is 2.20. The molecule has 0 saturated carbocycles. The van der Waals surface area contributed by atoms with Gasteiger partial charge in [-0.3, -0.25) is 14.8 Å². The summed E-state index contributed by atoms with van der Waals surface area (Å²) >= 11 is 6.46. The number of piperazine rings is 1. The van der Waals surface area contributed by atoms with E-state index in [1.54, 1.807) is 35.4 Å². The van der Waals surface area contributed by atoms with E-state index in [1.165, 1.54) is 22.8 Å². The minimum absolute atomic E-state index is 0.247. The number of pyridine rings is 1. The highest BCUT2D eigenvalue weighted by molar-refractivity contribution is 6.33. The quantitative estimate of drug-likeness (QED) is 0.301. The van der Waals surface area contributed by atoms with Crippen LogP contribution in [-0.2, 0) is 6.54 Å². The molecule has 0 spiro atoms. The largest absolute Gasteiger partial charge is 0.369 e. The van der Waals surface area contributed by atoms with Gasteiger partial charge in [0.2, 0.25) is 5.95 Å². The van der Waals surface area contributed by atoms with Crippen LogP contribution in [-0.4, -0.2) is 72.4 Å². The number of aromatic nitrogens is 7. The number of anilines is 3. The van der Waals surface area contributed by atoms with Gasteiger partial charge >= 0.3 is 0 Å². The van der Waals surface area contributed by atoms with Crippen molar-refractivity contribution in [3.8, 4) is 17.1 Å². The molecule has 4 aromatic heterocycles. The average molecular weight is 555 g/mol. The summed E-state index contributed by atoms with van der Waals surface area (Å²) in [5, 5.41) is 4.03. The van der Waals surface area contributed by atoms with Gasteiger partial charge in [-0.1, -0.05) is 17.7 Å². The molecule has 202 valence electrons. The van der Waals surface area contributed by atoms with Gasteiger partial charge in [-0.2, -0.15) is 4.98 Å². The van der Waals surface area contributed by atoms with Crippen LogP contribution < -0.4 is 15.8 Å². The summed E-state index contributed by atoms with van der Waals surface area (Å²) in [5.41, 5.74) is 3.38. The van der Waals surface area contributed by atoms with Crippen LogP contribution in [0.1, 0.15) is 0 Å². The molecular formula is C28H27ClN10O. The van der Waals surface area contributed by atoms with Gasteiger partial charge in [0.1, 0.15) is 5.39 Å². The van der Waals surface area contributed by atoms with E-state index in [9.17, 15) is 4.79 Å². The fourth-order valence-electron chi connectivity index (χ4n) is 4.74. The van der Waals surface area contributed by atoms with Crippen LogP contribution in [0.25, 0.3) is 28.1 Å². The van der Waals surface area contributed by atoms with Crippen molar-refractivity contribution < 1.29 is 0 Å². The van der Waals surface area contributed by atoms with Crippen molar-refractivity contribution in [3.63, 3.8) is 0 Å². The molecule has 0 radical (unpaired) electrons. The van der Waals surface area contributed by atoms with Gasteiger partial charge in [-0.15, -0.1) is 6.58 Å². The zero-order valence-electron chi connectivity index (χ0n) is 21.9. The smallest absolute Gasteiger partial charge is 0.278 e. The lowest BCUT2D eigenvalue weighted by atomic mass is 10.2. The summed E-state index contributed by atoms with van der Waals surface area (Å²) in [6.07, 6.45) is 9.50. The van der Waals surface area contributed by atoms with Crippen LogP contribution in [0.5, 0.6) is 0 Å². The Hall–Kier alpha value is -4.61. The molecular weight excluding hydrogens is 528 g/mol. The zero-order chi connectivity index (χ0) is 27.6. The molecule has 0 unspecified atom stereocenters. The molecule has 40 heavy (non-hydrogen) atoms. The first-order valence-electron chi connectivity index (χ1n) is 12.8. The van der Waals surface area contributed by atoms with E-state index in [0.29, 0.717) is 39.1 Å². The summed E-state index contributed by atoms with van der Waals surface area (Å²) in [4.78, 5) is 40.2. The Morgan fingerprint density at radius 3 is 2.55 bits per heavy atom. The molecule has 1 saturated heterocycles. The van der Waals surface area contributed by atoms with Crippen molar-refractivity contribution in [2.75, 3.05) is 43.4 Å². The normalized spacial score (nSPS) is 14.0. The van der Waals surface area contributed by atoms with Crippen LogP contribution in [0.3, 0.4) is 0 Å². The number of rotatable bonds is 7. The molecule has 5 aromatic rings. The number of benzene rings is 1. The Bertz CT molecular complexity index is 1720. The van der Waals surface area contributed by atoms with Gasteiger partial charge in [0, 0.05) is 67.9 Å². The second-order valence-corrected chi connectivity index (χ2v) is 9.90. The SMILES string of the molecule is C=CCn1c(=O)c2cnc(Nc3ccc(N4CCN(C)CC4)cc3)nc2n1-c1cc(-c2cnccn2)c(Cl)cn1. The third-order valence-corrected chi connectivity index (χ3v) is 7.17. The molecule has 0 atom stereocenters. The Labute approximate surface area is 235 Å². The number of allylic oxidation sites excluding steroid dienone is 1. The van der Waals surface area contributed by atoms with Crippen molar-refractivity contribution in [1.29, 1.82) is 0 Å². The van der Waals surface area contributed by atoms with Gasteiger partial charge in [0.25, 0.3) is 5.56 Å². The second kappa shape index (κ2) is 10.9. The predicted octanol–water partition coefficient (Wildman–Crippen LogP) is 3.77. The maximum Gasteiger partial charge on any atom is 0.278 e. The van der Waals surface area contributed by atoms with Gasteiger partial charge in [-0.25, -0.2) is 19.3 Å². The van der Waals surface area contributed by atoms with Gasteiger partial charge in [0.05, 0.1) is 23.5 Å². The molecule has 11 nitrogen and oxygen atoms in total. The number of nitrogens with one attached hydrogen (secondary N) is 1. The zero-order valence-corrected chi connectivity index (χ0v) is 22.7. The van der Waals surface area contributed by atoms with Crippen LogP contribution in [0.2, 0.25) is 5.02 Å². The van der Waals surface area contributed by atoms with E-state index in [2.05, 4.69) is 60.8 Å². The van der Waals surface area contributed by atoms with Crippen LogP contribution in [0.4, 0.5) is 17.3 Å². The number of halogens is 1. The summed E-state index contributed by atoms with van der Waals surface area (Å²) in [5.74, 6) is 0.799. The highest BCUT2D eigenvalue weighted by atomic mass is 35.5. The Balaban J connectivity index is 1.37. The first-order valence-corrected chi connectivity index (χ1v) is 13.2. The molecule has 0 aliphatic carbocycles. The fourth-order valence-corrected chi connectivity index (χ4v) is 4.94. The van der Waals surface area contributed by atoms with Crippen molar-refractivity contribution in [2.45, 2.75) is 6.54 Å². The van der Waals surface area contributed by atoms with E-state index in [0.717, 1.165) is 31.9 Å². The highest BCUT2D eigenvalue weighted by Crippen LogP contribution is 2.28. The van der Waals surface area contributed by atoms with Crippen molar-refractivity contribution in [2.24, 2.45) is 0 Å². The lowest BCUT2D eigenvalue weighted by Gasteiger charge is -2.34. The molecule has 1 aliphatic rings. The number of hydrogen-bond donors (Lipinski definition) is 1. The maximum absolute atomic E-state index is 13.3. The maximum atomic E-state index is 13.3. The molecule has 1 aromatic carbocycles. The first-order chi connectivity index (χ1) is 19.5. The first kappa shape index (κ1) is 25.7. The lowest BCUT2D eigenvalue weighted by Crippen LogP contribution is -2.44. The summed E-state index contributed by atoms with van der Waals surface area (Å²) in [6.45, 7) is 8.15. The lowest BCUT2D eigenvalue weighted by molar-refractivity contribution is 0.313. The summed E-state index contributed by atoms with van der Waals surface area (Å²) < 4.78 is 3.16. The van der Waals surface area contributed by atoms with E-state index >= 15 is 0 Å². The molecule has 5 heterocycles. The molecule has 0 amide bonds. The molecule has 1 aliphatic heterocycles. The van der Waals surface area contributed by atoms with E-state index in [4.69, 9.17) is 16.6 Å². The van der Waals surface area contributed by atoms with E-state index in [-0.39, 0.29) is 12.1 Å². The van der Waals surface area contributed by atoms with E-state index in [1.807, 2.05) is 12.1 Å². The Morgan fingerprint density at radius 2 is 1.82 bits per heavy atom. The molecule has 1 N–H and O–H groups in total. The Morgan fingerprint density at radius 1 is 1.02 bits per heavy atom. The van der Waals surface area contributed by atoms with Crippen molar-refractivity contribution >= 4 is 40.0 Å². The van der Waals surface area contributed by atoms with Gasteiger partial charge < -0.3 is 15.1 Å². The van der Waals surface area contributed by atoms with Crippen LogP contribution in [0, 0.1) is 0 Å². The number of nitrogens with zero attached hydrogens (tertiary/aromatic N) is 9. The monoisotopic (exact) mass is 554 g/mol. The predicted molar refractivity (Wildman–Crippen MR) is 157 cm³/mol. The van der Waals surface area contributed by atoms with Crippen LogP contribution in [0.15, 0.2) is 78.8 Å². The number of likely N-dealkylation sites (N-methyl/N-ethyl adjacent to an activating group) is 1. The summed E-state index contributed by atoms with van der Waals surface area (Å²) in [7, 11) is 2.15. The third kappa shape index (κ3) is 4.92. The van der Waals surface area contributed by atoms with Crippen molar-refractivity contribution in [3.05, 3.63) is 89.3 Å². The molecule has 6 rings (SSSR count). The number of fused-ring (bicyclic) bond motifs is 1. The topological polar surface area (TPSA) is 110 Å². The summed E-state index contributed by atoms with van der Waals surface area (Å²) in [6, 6.07) is 9.95. The Kier molecular flexibility index (Phi) is 6.97. The third-order valence-electron chi connectivity index (χ3n) is 6.87. The molecule has 0 bridgehead atoms. The minimum Gasteiger partial charge on any atom is -0.369 e. The molecule has 1 fully saturated rings.